The van der Waals surface area contributed by atoms with Gasteiger partial charge in [-0.05, 0) is 81.6 Å². The monoisotopic (exact) mass is 340 g/mol. The largest absolute Gasteiger partial charge is 0.425 e. The number of aryl methyl sites for hydroxylation is 4. The van der Waals surface area contributed by atoms with Gasteiger partial charge in [-0.15, -0.1) is 10.2 Å². The minimum atomic E-state index is 0.467. The van der Waals surface area contributed by atoms with Crippen LogP contribution in [-0.2, 0) is 19.4 Å². The highest BCUT2D eigenvalue weighted by Crippen LogP contribution is 2.60. The molecule has 4 aliphatic rings. The zero-order valence-electron chi connectivity index (χ0n) is 15.4. The molecule has 2 heterocycles. The molecule has 0 unspecified atom stereocenters. The third-order valence-electron chi connectivity index (χ3n) is 6.84. The van der Waals surface area contributed by atoms with Gasteiger partial charge in [0.15, 0.2) is 0 Å². The highest BCUT2D eigenvalue weighted by atomic mass is 16.4. The van der Waals surface area contributed by atoms with Crippen LogP contribution in [-0.4, -0.2) is 20.0 Å². The van der Waals surface area contributed by atoms with Crippen LogP contribution in [0.25, 0.3) is 0 Å². The summed E-state index contributed by atoms with van der Waals surface area (Å²) in [6, 6.07) is 2.10. The minimum Gasteiger partial charge on any atom is -0.425 e. The van der Waals surface area contributed by atoms with E-state index in [4.69, 9.17) is 4.42 Å². The molecule has 0 aromatic carbocycles. The lowest BCUT2D eigenvalue weighted by Crippen LogP contribution is -2.47. The van der Waals surface area contributed by atoms with Crippen molar-refractivity contribution in [1.82, 2.24) is 20.0 Å². The van der Waals surface area contributed by atoms with Gasteiger partial charge in [-0.25, -0.2) is 0 Å². The fourth-order valence-electron chi connectivity index (χ4n) is 6.39. The molecule has 25 heavy (non-hydrogen) atoms. The van der Waals surface area contributed by atoms with E-state index in [9.17, 15) is 0 Å². The molecule has 5 heteroatoms. The third kappa shape index (κ3) is 2.91. The summed E-state index contributed by atoms with van der Waals surface area (Å²) in [7, 11) is 0. The Hall–Kier alpha value is -1.65. The lowest BCUT2D eigenvalue weighted by Gasteiger charge is -2.56. The second-order valence-electron chi connectivity index (χ2n) is 9.08. The second-order valence-corrected chi connectivity index (χ2v) is 9.08. The molecule has 4 bridgehead atoms. The average Bonchev–Trinajstić information content (AvgIpc) is 3.09. The van der Waals surface area contributed by atoms with Crippen LogP contribution in [0.4, 0.5) is 0 Å². The molecular weight excluding hydrogens is 312 g/mol. The number of aromatic nitrogens is 4. The first kappa shape index (κ1) is 15.6. The molecule has 0 amide bonds. The summed E-state index contributed by atoms with van der Waals surface area (Å²) in [5.74, 6) is 4.54. The maximum absolute atomic E-state index is 6.03. The van der Waals surface area contributed by atoms with Gasteiger partial charge in [0, 0.05) is 25.1 Å². The third-order valence-corrected chi connectivity index (χ3v) is 6.84. The molecule has 0 N–H and O–H groups in total. The molecule has 2 aromatic heterocycles. The molecule has 134 valence electrons. The smallest absolute Gasteiger partial charge is 0.218 e. The van der Waals surface area contributed by atoms with Crippen LogP contribution in [0.2, 0.25) is 0 Å². The Bertz CT molecular complexity index is 739. The van der Waals surface area contributed by atoms with Crippen LogP contribution in [0, 0.1) is 37.0 Å². The zero-order valence-corrected chi connectivity index (χ0v) is 15.4. The Morgan fingerprint density at radius 2 is 1.68 bits per heavy atom. The number of rotatable bonds is 5. The first-order chi connectivity index (χ1) is 12.1. The van der Waals surface area contributed by atoms with Gasteiger partial charge < -0.3 is 4.42 Å². The highest BCUT2D eigenvalue weighted by Gasteiger charge is 2.51. The maximum atomic E-state index is 6.03. The van der Waals surface area contributed by atoms with E-state index in [1.54, 1.807) is 0 Å². The molecule has 0 aliphatic heterocycles. The quantitative estimate of drug-likeness (QED) is 0.829. The summed E-state index contributed by atoms with van der Waals surface area (Å²) >= 11 is 0. The van der Waals surface area contributed by atoms with E-state index in [0.717, 1.165) is 54.6 Å². The molecule has 0 spiro atoms. The van der Waals surface area contributed by atoms with Crippen LogP contribution in [0.1, 0.15) is 61.7 Å². The molecule has 4 fully saturated rings. The number of hydrogen-bond acceptors (Lipinski definition) is 4. The van der Waals surface area contributed by atoms with Gasteiger partial charge in [0.1, 0.15) is 0 Å². The zero-order chi connectivity index (χ0) is 17.0. The van der Waals surface area contributed by atoms with Crippen LogP contribution < -0.4 is 0 Å². The Labute approximate surface area is 149 Å². The molecule has 0 radical (unpaired) electrons. The summed E-state index contributed by atoms with van der Waals surface area (Å²) in [5, 5.41) is 13.2. The van der Waals surface area contributed by atoms with Crippen LogP contribution in [0.15, 0.2) is 10.5 Å². The minimum absolute atomic E-state index is 0.467. The number of nitrogens with zero attached hydrogens (tertiary/aromatic N) is 4. The predicted molar refractivity (Wildman–Crippen MR) is 94.0 cm³/mol. The first-order valence-electron chi connectivity index (χ1n) is 9.89. The molecule has 4 saturated carbocycles. The lowest BCUT2D eigenvalue weighted by atomic mass is 9.49. The summed E-state index contributed by atoms with van der Waals surface area (Å²) in [4.78, 5) is 0. The van der Waals surface area contributed by atoms with Crippen molar-refractivity contribution >= 4 is 0 Å². The van der Waals surface area contributed by atoms with Gasteiger partial charge in [0.25, 0.3) is 0 Å². The fraction of sp³-hybridized carbons (Fsp3) is 0.750. The Balaban J connectivity index is 1.25. The summed E-state index contributed by atoms with van der Waals surface area (Å²) < 4.78 is 8.05. The van der Waals surface area contributed by atoms with Gasteiger partial charge in [0.05, 0.1) is 5.69 Å². The number of hydrogen-bond donors (Lipinski definition) is 0. The van der Waals surface area contributed by atoms with Gasteiger partial charge in [0.2, 0.25) is 11.8 Å². The van der Waals surface area contributed by atoms with Gasteiger partial charge in [-0.1, -0.05) is 0 Å². The van der Waals surface area contributed by atoms with Crippen LogP contribution >= 0.6 is 0 Å². The van der Waals surface area contributed by atoms with Crippen molar-refractivity contribution in [1.29, 1.82) is 0 Å². The van der Waals surface area contributed by atoms with E-state index in [1.165, 1.54) is 44.2 Å². The fourth-order valence-corrected chi connectivity index (χ4v) is 6.39. The second kappa shape index (κ2) is 5.68. The van der Waals surface area contributed by atoms with E-state index in [2.05, 4.69) is 28.3 Å². The van der Waals surface area contributed by atoms with Crippen molar-refractivity contribution in [2.75, 3.05) is 0 Å². The molecule has 2 aromatic rings. The van der Waals surface area contributed by atoms with Gasteiger partial charge in [-0.2, -0.15) is 5.10 Å². The maximum Gasteiger partial charge on any atom is 0.218 e. The van der Waals surface area contributed by atoms with E-state index in [-0.39, 0.29) is 0 Å². The van der Waals surface area contributed by atoms with E-state index >= 15 is 0 Å². The van der Waals surface area contributed by atoms with E-state index in [0.29, 0.717) is 5.41 Å². The predicted octanol–water partition coefficient (Wildman–Crippen LogP) is 3.88. The van der Waals surface area contributed by atoms with Crippen molar-refractivity contribution in [2.24, 2.45) is 23.2 Å². The molecule has 0 atom stereocenters. The first-order valence-corrected chi connectivity index (χ1v) is 9.89. The molecule has 4 aliphatic carbocycles. The molecule has 6 rings (SSSR count). The van der Waals surface area contributed by atoms with Crippen molar-refractivity contribution in [3.05, 3.63) is 29.2 Å². The Kier molecular flexibility index (Phi) is 3.54. The van der Waals surface area contributed by atoms with Gasteiger partial charge in [-0.3, -0.25) is 4.68 Å². The summed E-state index contributed by atoms with van der Waals surface area (Å²) in [6.07, 6.45) is 10.4. The normalized spacial score (nSPS) is 33.3. The topological polar surface area (TPSA) is 56.7 Å². The molecular formula is C20H28N4O. The molecule has 5 nitrogen and oxygen atoms in total. The van der Waals surface area contributed by atoms with Gasteiger partial charge >= 0.3 is 0 Å². The summed E-state index contributed by atoms with van der Waals surface area (Å²) in [6.45, 7) is 4.92. The average molecular weight is 340 g/mol. The Morgan fingerprint density at radius 3 is 2.28 bits per heavy atom. The Morgan fingerprint density at radius 1 is 1.04 bits per heavy atom. The van der Waals surface area contributed by atoms with Crippen molar-refractivity contribution in [3.63, 3.8) is 0 Å². The summed E-state index contributed by atoms with van der Waals surface area (Å²) in [5.41, 5.74) is 2.71. The van der Waals surface area contributed by atoms with Crippen molar-refractivity contribution in [2.45, 2.75) is 71.8 Å². The van der Waals surface area contributed by atoms with Crippen LogP contribution in [0.5, 0.6) is 0 Å². The molecule has 0 saturated heterocycles. The van der Waals surface area contributed by atoms with E-state index < -0.39 is 0 Å². The van der Waals surface area contributed by atoms with E-state index in [1.807, 2.05) is 11.6 Å². The van der Waals surface area contributed by atoms with Crippen LogP contribution in [0.3, 0.4) is 0 Å². The SMILES string of the molecule is Cc1cc(C)n(CCc2nnc(CC34CC5CC(CC(C5)C3)C4)o2)n1. The van der Waals surface area contributed by atoms with Crippen molar-refractivity contribution < 1.29 is 4.42 Å². The highest BCUT2D eigenvalue weighted by molar-refractivity contribution is 5.07. The van der Waals surface area contributed by atoms with Crippen molar-refractivity contribution in [3.8, 4) is 0 Å². The standard InChI is InChI=1S/C20H28N4O/c1-13-5-14(2)24(23-13)4-3-18-21-22-19(25-18)12-20-9-15-6-16(10-20)8-17(7-15)11-20/h5,15-17H,3-4,6-12H2,1-2H3. The lowest BCUT2D eigenvalue weighted by molar-refractivity contribution is -0.0551.